The Balaban J connectivity index is 1.56. The van der Waals surface area contributed by atoms with Crippen LogP contribution in [0.15, 0.2) is 0 Å². The molecule has 260 valence electrons. The highest BCUT2D eigenvalue weighted by molar-refractivity contribution is 14.1. The van der Waals surface area contributed by atoms with Crippen molar-refractivity contribution in [2.45, 2.75) is 194 Å². The molecule has 45 heavy (non-hydrogen) atoms. The van der Waals surface area contributed by atoms with Gasteiger partial charge in [0.05, 0.1) is 19.0 Å². The van der Waals surface area contributed by atoms with E-state index in [2.05, 4.69) is 59.0 Å². The van der Waals surface area contributed by atoms with Crippen LogP contribution in [-0.4, -0.2) is 23.2 Å². The lowest BCUT2D eigenvalue weighted by Gasteiger charge is -2.11. The fourth-order valence-electron chi connectivity index (χ4n) is 5.97. The number of fused-ring (bicyclic) bond motifs is 1. The number of thiophene rings is 1. The van der Waals surface area contributed by atoms with E-state index in [1.807, 2.05) is 0 Å². The molecule has 0 aliphatic rings. The van der Waals surface area contributed by atoms with Gasteiger partial charge in [0, 0.05) is 0 Å². The minimum Gasteiger partial charge on any atom is -0.474 e. The lowest BCUT2D eigenvalue weighted by atomic mass is 10.0. The third-order valence-electron chi connectivity index (χ3n) is 8.86. The van der Waals surface area contributed by atoms with Gasteiger partial charge in [0.15, 0.2) is 0 Å². The monoisotopic (exact) mass is 868 g/mol. The van der Waals surface area contributed by atoms with Crippen LogP contribution in [0.3, 0.4) is 0 Å². The van der Waals surface area contributed by atoms with E-state index in [0.717, 1.165) is 23.9 Å². The summed E-state index contributed by atoms with van der Waals surface area (Å²) in [5, 5.41) is 0. The topological polar surface area (TPSA) is 44.2 Å². The average Bonchev–Trinajstić information content (AvgIpc) is 3.32. The van der Waals surface area contributed by atoms with Gasteiger partial charge in [0.25, 0.3) is 11.8 Å². The largest absolute Gasteiger partial charge is 0.474 e. The highest BCUT2D eigenvalue weighted by Crippen LogP contribution is 2.35. The molecule has 0 radical (unpaired) electrons. The van der Waals surface area contributed by atoms with Crippen molar-refractivity contribution in [3.63, 3.8) is 0 Å². The van der Waals surface area contributed by atoms with Crippen LogP contribution in [0.25, 0.3) is 11.0 Å². The lowest BCUT2D eigenvalue weighted by molar-refractivity contribution is 0.243. The molecule has 0 spiro atoms. The molecule has 0 bridgehead atoms. The normalized spacial score (nSPS) is 11.6. The van der Waals surface area contributed by atoms with Gasteiger partial charge in [-0.05, 0) is 58.0 Å². The summed E-state index contributed by atoms with van der Waals surface area (Å²) in [5.74, 6) is 1.16. The Morgan fingerprint density at radius 3 is 0.911 bits per heavy atom. The van der Waals surface area contributed by atoms with Crippen LogP contribution in [0.2, 0.25) is 0 Å². The summed E-state index contributed by atoms with van der Waals surface area (Å²) in [4.78, 5) is 9.75. The molecular weight excluding hydrogens is 802 g/mol. The second-order valence-electron chi connectivity index (χ2n) is 13.1. The maximum Gasteiger partial charge on any atom is 0.278 e. The molecule has 0 saturated carbocycles. The molecular formula is C38H66I2N2O2S. The van der Waals surface area contributed by atoms with Gasteiger partial charge >= 0.3 is 0 Å². The minimum atomic E-state index is 0.578. The number of rotatable bonds is 32. The Bertz CT molecular complexity index is 897. The summed E-state index contributed by atoms with van der Waals surface area (Å²) in [5.41, 5.74) is 1.90. The van der Waals surface area contributed by atoms with Crippen LogP contribution in [-0.2, 0) is 0 Å². The van der Waals surface area contributed by atoms with Crippen LogP contribution < -0.4 is 9.47 Å². The SMILES string of the molecule is CCCCCCCCCCCCCCCCOc1nc2c(I)sc(I)c2nc1OCCCCCCCCCCCCCCCC. The number of aromatic nitrogens is 2. The zero-order chi connectivity index (χ0) is 32.2. The Morgan fingerprint density at radius 1 is 0.400 bits per heavy atom. The second kappa shape index (κ2) is 29.1. The fraction of sp³-hybridized carbons (Fsp3) is 0.842. The third-order valence-corrected chi connectivity index (χ3v) is 11.9. The van der Waals surface area contributed by atoms with Crippen LogP contribution >= 0.6 is 56.5 Å². The molecule has 0 aliphatic carbocycles. The number of ether oxygens (including phenoxy) is 2. The van der Waals surface area contributed by atoms with E-state index in [9.17, 15) is 0 Å². The summed E-state index contributed by atoms with van der Waals surface area (Å²) in [6.07, 6.45) is 38.1. The zero-order valence-electron chi connectivity index (χ0n) is 29.1. The Labute approximate surface area is 309 Å². The van der Waals surface area contributed by atoms with Crippen molar-refractivity contribution < 1.29 is 9.47 Å². The lowest BCUT2D eigenvalue weighted by Crippen LogP contribution is -2.06. The number of halogens is 2. The molecule has 0 unspecified atom stereocenters. The predicted octanol–water partition coefficient (Wildman–Crippen LogP) is 14.6. The quantitative estimate of drug-likeness (QED) is 0.0543. The number of hydrogen-bond acceptors (Lipinski definition) is 5. The molecule has 7 heteroatoms. The molecule has 0 aliphatic heterocycles. The van der Waals surface area contributed by atoms with Crippen molar-refractivity contribution in [2.24, 2.45) is 0 Å². The van der Waals surface area contributed by atoms with Gasteiger partial charge in [-0.2, -0.15) is 0 Å². The van der Waals surface area contributed by atoms with Crippen molar-refractivity contribution in [3.05, 3.63) is 5.77 Å². The molecule has 2 aromatic rings. The van der Waals surface area contributed by atoms with E-state index in [1.165, 1.54) is 173 Å². The van der Waals surface area contributed by atoms with Crippen LogP contribution in [0.1, 0.15) is 194 Å². The molecule has 0 N–H and O–H groups in total. The molecule has 0 saturated heterocycles. The zero-order valence-corrected chi connectivity index (χ0v) is 34.2. The van der Waals surface area contributed by atoms with Crippen molar-refractivity contribution >= 4 is 67.6 Å². The Kier molecular flexibility index (Phi) is 26.6. The van der Waals surface area contributed by atoms with E-state index >= 15 is 0 Å². The smallest absolute Gasteiger partial charge is 0.278 e. The van der Waals surface area contributed by atoms with Gasteiger partial charge in [-0.25, -0.2) is 9.97 Å². The Hall–Kier alpha value is 0.1000. The van der Waals surface area contributed by atoms with Gasteiger partial charge in [-0.1, -0.05) is 181 Å². The summed E-state index contributed by atoms with van der Waals surface area (Å²) in [6, 6.07) is 0. The van der Waals surface area contributed by atoms with E-state index in [-0.39, 0.29) is 0 Å². The van der Waals surface area contributed by atoms with Crippen LogP contribution in [0, 0.1) is 5.77 Å². The Morgan fingerprint density at radius 2 is 0.644 bits per heavy atom. The molecule has 0 amide bonds. The molecule has 2 heterocycles. The summed E-state index contributed by atoms with van der Waals surface area (Å²) in [6.45, 7) is 5.96. The van der Waals surface area contributed by atoms with Crippen LogP contribution in [0.5, 0.6) is 11.8 Å². The first kappa shape index (κ1) is 41.3. The van der Waals surface area contributed by atoms with Crippen molar-refractivity contribution in [3.8, 4) is 11.8 Å². The molecule has 2 rings (SSSR count). The van der Waals surface area contributed by atoms with Crippen LogP contribution in [0.4, 0.5) is 0 Å². The van der Waals surface area contributed by atoms with E-state index in [4.69, 9.17) is 19.4 Å². The fourth-order valence-corrected chi connectivity index (χ4v) is 9.95. The molecule has 0 atom stereocenters. The average molecular weight is 869 g/mol. The maximum absolute atomic E-state index is 6.19. The molecule has 0 fully saturated rings. The van der Waals surface area contributed by atoms with Gasteiger partial charge in [0.1, 0.15) is 11.0 Å². The molecule has 4 nitrogen and oxygen atoms in total. The summed E-state index contributed by atoms with van der Waals surface area (Å²) < 4.78 is 14.7. The first-order valence-electron chi connectivity index (χ1n) is 19.1. The van der Waals surface area contributed by atoms with Crippen molar-refractivity contribution in [1.82, 2.24) is 9.97 Å². The number of unbranched alkanes of at least 4 members (excludes halogenated alkanes) is 26. The van der Waals surface area contributed by atoms with Crippen molar-refractivity contribution in [2.75, 3.05) is 13.2 Å². The molecule has 2 aromatic heterocycles. The van der Waals surface area contributed by atoms with Gasteiger partial charge in [-0.15, -0.1) is 11.3 Å². The third kappa shape index (κ3) is 20.3. The van der Waals surface area contributed by atoms with E-state index < -0.39 is 0 Å². The standard InChI is InChI=1S/C38H66I2N2O2S/c1-3-5-7-9-11-13-15-17-19-21-23-25-27-29-31-43-37-38(42-34-33(41-37)35(39)45-36(34)40)44-32-30-28-26-24-22-20-18-16-14-12-10-8-6-4-2/h3-32H2,1-2H3. The minimum absolute atomic E-state index is 0.578. The highest BCUT2D eigenvalue weighted by atomic mass is 127. The first-order chi connectivity index (χ1) is 22.2. The van der Waals surface area contributed by atoms with Crippen molar-refractivity contribution in [1.29, 1.82) is 0 Å². The highest BCUT2D eigenvalue weighted by Gasteiger charge is 2.18. The van der Waals surface area contributed by atoms with E-state index in [0.29, 0.717) is 25.0 Å². The van der Waals surface area contributed by atoms with E-state index in [1.54, 1.807) is 11.3 Å². The number of nitrogens with zero attached hydrogens (tertiary/aromatic N) is 2. The molecule has 0 aromatic carbocycles. The van der Waals surface area contributed by atoms with Gasteiger partial charge < -0.3 is 9.47 Å². The number of hydrogen-bond donors (Lipinski definition) is 0. The maximum atomic E-state index is 6.19. The first-order valence-corrected chi connectivity index (χ1v) is 22.1. The summed E-state index contributed by atoms with van der Waals surface area (Å²) in [7, 11) is 0. The predicted molar refractivity (Wildman–Crippen MR) is 214 cm³/mol. The van der Waals surface area contributed by atoms with Gasteiger partial charge in [-0.3, -0.25) is 0 Å². The van der Waals surface area contributed by atoms with Gasteiger partial charge in [0.2, 0.25) is 0 Å². The second-order valence-corrected chi connectivity index (χ2v) is 17.7. The summed E-state index contributed by atoms with van der Waals surface area (Å²) >= 11 is 6.47.